The summed E-state index contributed by atoms with van der Waals surface area (Å²) in [5.74, 6) is 0.944. The Hall–Kier alpha value is -2.75. The summed E-state index contributed by atoms with van der Waals surface area (Å²) in [6.07, 6.45) is 1.81. The number of hydrogen-bond acceptors (Lipinski definition) is 2. The van der Waals surface area contributed by atoms with Gasteiger partial charge in [-0.1, -0.05) is 30.3 Å². The highest BCUT2D eigenvalue weighted by Crippen LogP contribution is 2.52. The molecule has 4 heteroatoms. The maximum atomic E-state index is 13.0. The lowest BCUT2D eigenvalue weighted by Crippen LogP contribution is -2.34. The zero-order chi connectivity index (χ0) is 17.4. The quantitative estimate of drug-likeness (QED) is 0.745. The average molecular weight is 334 g/mol. The number of H-pyrrole nitrogens is 1. The number of nitrogens with one attached hydrogen (secondary N) is 2. The Morgan fingerprint density at radius 2 is 1.88 bits per heavy atom. The number of carbonyl (C=O) groups excluding carboxylic acids is 1. The number of ether oxygens (including phenoxy) is 1. The molecule has 0 aliphatic heterocycles. The van der Waals surface area contributed by atoms with E-state index in [0.29, 0.717) is 6.54 Å². The number of amides is 1. The zero-order valence-corrected chi connectivity index (χ0v) is 14.6. The van der Waals surface area contributed by atoms with E-state index < -0.39 is 0 Å². The van der Waals surface area contributed by atoms with E-state index >= 15 is 0 Å². The fraction of sp³-hybridized carbons (Fsp3) is 0.286. The number of rotatable bonds is 5. The minimum atomic E-state index is -0.379. The SMILES string of the molecule is COc1ccc(CNC(=O)C2(c3c(C)[nH]c4ccccc34)CC2)cc1. The van der Waals surface area contributed by atoms with Gasteiger partial charge in [-0.3, -0.25) is 4.79 Å². The van der Waals surface area contributed by atoms with E-state index in [-0.39, 0.29) is 11.3 Å². The van der Waals surface area contributed by atoms with Gasteiger partial charge in [0.25, 0.3) is 0 Å². The topological polar surface area (TPSA) is 54.1 Å². The first-order valence-corrected chi connectivity index (χ1v) is 8.63. The molecule has 1 saturated carbocycles. The molecule has 25 heavy (non-hydrogen) atoms. The number of aromatic amines is 1. The highest BCUT2D eigenvalue weighted by Gasteiger charge is 2.53. The van der Waals surface area contributed by atoms with Gasteiger partial charge in [-0.05, 0) is 49.1 Å². The fourth-order valence-electron chi connectivity index (χ4n) is 3.70. The first kappa shape index (κ1) is 15.8. The molecular weight excluding hydrogens is 312 g/mol. The van der Waals surface area contributed by atoms with Gasteiger partial charge in [0.05, 0.1) is 12.5 Å². The van der Waals surface area contributed by atoms with Crippen LogP contribution in [0, 0.1) is 6.92 Å². The van der Waals surface area contributed by atoms with Gasteiger partial charge in [-0.2, -0.15) is 0 Å². The Morgan fingerprint density at radius 3 is 2.56 bits per heavy atom. The van der Waals surface area contributed by atoms with Crippen LogP contribution in [0.4, 0.5) is 0 Å². The normalized spacial score (nSPS) is 15.1. The summed E-state index contributed by atoms with van der Waals surface area (Å²) in [4.78, 5) is 16.4. The Bertz CT molecular complexity index is 921. The molecule has 1 aliphatic carbocycles. The van der Waals surface area contributed by atoms with Crippen molar-refractivity contribution in [2.75, 3.05) is 7.11 Å². The average Bonchev–Trinajstić information content (AvgIpc) is 3.36. The number of fused-ring (bicyclic) bond motifs is 1. The minimum Gasteiger partial charge on any atom is -0.497 e. The first-order valence-electron chi connectivity index (χ1n) is 8.63. The lowest BCUT2D eigenvalue weighted by molar-refractivity contribution is -0.123. The minimum absolute atomic E-state index is 0.121. The lowest BCUT2D eigenvalue weighted by Gasteiger charge is -2.16. The molecule has 0 saturated heterocycles. The molecule has 2 aromatic carbocycles. The second-order valence-electron chi connectivity index (χ2n) is 6.78. The molecular formula is C21H22N2O2. The molecule has 128 valence electrons. The van der Waals surface area contributed by atoms with Gasteiger partial charge in [-0.25, -0.2) is 0 Å². The van der Waals surface area contributed by atoms with Crippen LogP contribution in [0.2, 0.25) is 0 Å². The highest BCUT2D eigenvalue weighted by atomic mass is 16.5. The van der Waals surface area contributed by atoms with E-state index in [1.54, 1.807) is 7.11 Å². The third kappa shape index (κ3) is 2.68. The maximum Gasteiger partial charge on any atom is 0.231 e. The standard InChI is InChI=1S/C21H22N2O2/c1-14-19(17-5-3-4-6-18(17)23-14)21(11-12-21)20(24)22-13-15-7-9-16(25-2)10-8-15/h3-10,23H,11-13H2,1-2H3,(H,22,24). The summed E-state index contributed by atoms with van der Waals surface area (Å²) in [6, 6.07) is 16.0. The molecule has 2 N–H and O–H groups in total. The van der Waals surface area contributed by atoms with Crippen LogP contribution in [0.25, 0.3) is 10.9 Å². The van der Waals surface area contributed by atoms with Crippen molar-refractivity contribution in [3.63, 3.8) is 0 Å². The number of aromatic nitrogens is 1. The number of benzene rings is 2. The van der Waals surface area contributed by atoms with Crippen molar-refractivity contribution in [1.82, 2.24) is 10.3 Å². The van der Waals surface area contributed by atoms with E-state index in [1.807, 2.05) is 36.4 Å². The monoisotopic (exact) mass is 334 g/mol. The van der Waals surface area contributed by atoms with Crippen LogP contribution < -0.4 is 10.1 Å². The van der Waals surface area contributed by atoms with Crippen LogP contribution in [0.15, 0.2) is 48.5 Å². The summed E-state index contributed by atoms with van der Waals surface area (Å²) in [5.41, 5.74) is 4.05. The van der Waals surface area contributed by atoms with Crippen LogP contribution in [0.1, 0.15) is 29.7 Å². The van der Waals surface area contributed by atoms with Gasteiger partial charge in [0, 0.05) is 23.1 Å². The van der Waals surface area contributed by atoms with E-state index in [9.17, 15) is 4.79 Å². The van der Waals surface area contributed by atoms with Gasteiger partial charge in [0.2, 0.25) is 5.91 Å². The van der Waals surface area contributed by atoms with Crippen LogP contribution >= 0.6 is 0 Å². The maximum absolute atomic E-state index is 13.0. The van der Waals surface area contributed by atoms with Crippen molar-refractivity contribution in [1.29, 1.82) is 0 Å². The van der Waals surface area contributed by atoms with Gasteiger partial charge in [0.1, 0.15) is 5.75 Å². The van der Waals surface area contributed by atoms with Crippen LogP contribution in [-0.2, 0) is 16.8 Å². The van der Waals surface area contributed by atoms with Gasteiger partial charge >= 0.3 is 0 Å². The molecule has 1 amide bonds. The Morgan fingerprint density at radius 1 is 1.16 bits per heavy atom. The van der Waals surface area contributed by atoms with Crippen molar-refractivity contribution in [3.05, 3.63) is 65.4 Å². The van der Waals surface area contributed by atoms with Crippen molar-refractivity contribution < 1.29 is 9.53 Å². The van der Waals surface area contributed by atoms with Gasteiger partial charge < -0.3 is 15.0 Å². The molecule has 1 aromatic heterocycles. The third-order valence-corrected chi connectivity index (χ3v) is 5.17. The van der Waals surface area contributed by atoms with Crippen LogP contribution in [0.3, 0.4) is 0 Å². The smallest absolute Gasteiger partial charge is 0.231 e. The number of hydrogen-bond donors (Lipinski definition) is 2. The Kier molecular flexibility index (Phi) is 3.75. The molecule has 0 atom stereocenters. The van der Waals surface area contributed by atoms with Crippen molar-refractivity contribution in [2.45, 2.75) is 31.7 Å². The predicted molar refractivity (Wildman–Crippen MR) is 98.8 cm³/mol. The van der Waals surface area contributed by atoms with E-state index in [2.05, 4.69) is 29.4 Å². The highest BCUT2D eigenvalue weighted by molar-refractivity contribution is 5.98. The number of aryl methyl sites for hydroxylation is 1. The molecule has 1 fully saturated rings. The molecule has 0 bridgehead atoms. The second kappa shape index (κ2) is 5.96. The molecule has 4 nitrogen and oxygen atoms in total. The second-order valence-corrected chi connectivity index (χ2v) is 6.78. The summed E-state index contributed by atoms with van der Waals surface area (Å²) < 4.78 is 5.17. The number of para-hydroxylation sites is 1. The van der Waals surface area contributed by atoms with Crippen molar-refractivity contribution >= 4 is 16.8 Å². The van der Waals surface area contributed by atoms with Gasteiger partial charge in [0.15, 0.2) is 0 Å². The molecule has 0 unspecified atom stereocenters. The molecule has 0 spiro atoms. The summed E-state index contributed by atoms with van der Waals surface area (Å²) in [5, 5.41) is 4.29. The Labute approximate surface area is 147 Å². The Balaban J connectivity index is 1.55. The van der Waals surface area contributed by atoms with E-state index in [1.165, 1.54) is 0 Å². The van der Waals surface area contributed by atoms with Crippen LogP contribution in [0.5, 0.6) is 5.75 Å². The summed E-state index contributed by atoms with van der Waals surface area (Å²) in [6.45, 7) is 2.60. The van der Waals surface area contributed by atoms with E-state index in [4.69, 9.17) is 4.74 Å². The molecule has 1 aliphatic rings. The summed E-state index contributed by atoms with van der Waals surface area (Å²) in [7, 11) is 1.65. The molecule has 1 heterocycles. The van der Waals surface area contributed by atoms with Gasteiger partial charge in [-0.15, -0.1) is 0 Å². The molecule has 3 aromatic rings. The predicted octanol–water partition coefficient (Wildman–Crippen LogP) is 3.83. The van der Waals surface area contributed by atoms with Crippen molar-refractivity contribution in [2.24, 2.45) is 0 Å². The third-order valence-electron chi connectivity index (χ3n) is 5.17. The van der Waals surface area contributed by atoms with Crippen LogP contribution in [-0.4, -0.2) is 18.0 Å². The number of methoxy groups -OCH3 is 1. The largest absolute Gasteiger partial charge is 0.497 e. The zero-order valence-electron chi connectivity index (χ0n) is 14.6. The van der Waals surface area contributed by atoms with Crippen molar-refractivity contribution in [3.8, 4) is 5.75 Å². The lowest BCUT2D eigenvalue weighted by atomic mass is 9.92. The molecule has 0 radical (unpaired) electrons. The fourth-order valence-corrected chi connectivity index (χ4v) is 3.70. The first-order chi connectivity index (χ1) is 12.1. The number of carbonyl (C=O) groups is 1. The molecule has 4 rings (SSSR count). The summed E-state index contributed by atoms with van der Waals surface area (Å²) >= 11 is 0. The van der Waals surface area contributed by atoms with E-state index in [0.717, 1.165) is 46.3 Å².